The van der Waals surface area contributed by atoms with Crippen LogP contribution in [0.2, 0.25) is 0 Å². The van der Waals surface area contributed by atoms with Crippen molar-refractivity contribution in [2.24, 2.45) is 5.92 Å². The van der Waals surface area contributed by atoms with Crippen molar-refractivity contribution in [2.45, 2.75) is 24.3 Å². The van der Waals surface area contributed by atoms with Gasteiger partial charge in [0.15, 0.2) is 0 Å². The Morgan fingerprint density at radius 3 is 2.73 bits per heavy atom. The van der Waals surface area contributed by atoms with Crippen LogP contribution in [0.3, 0.4) is 0 Å². The van der Waals surface area contributed by atoms with Gasteiger partial charge in [0.25, 0.3) is 0 Å². The second-order valence-electron chi connectivity index (χ2n) is 3.82. The first-order chi connectivity index (χ1) is 7.25. The molecule has 0 amide bonds. The molecule has 1 aromatic carbocycles. The summed E-state index contributed by atoms with van der Waals surface area (Å²) in [5.41, 5.74) is 0. The van der Waals surface area contributed by atoms with Gasteiger partial charge in [-0.2, -0.15) is 0 Å². The van der Waals surface area contributed by atoms with E-state index in [1.807, 2.05) is 25.1 Å². The van der Waals surface area contributed by atoms with Crippen molar-refractivity contribution in [3.8, 4) is 0 Å². The molecule has 0 saturated carbocycles. The Balaban J connectivity index is 1.82. The second kappa shape index (κ2) is 4.71. The van der Waals surface area contributed by atoms with Gasteiger partial charge >= 0.3 is 5.97 Å². The van der Waals surface area contributed by atoms with Gasteiger partial charge in [-0.25, -0.2) is 0 Å². The zero-order chi connectivity index (χ0) is 10.7. The van der Waals surface area contributed by atoms with Crippen LogP contribution in [-0.2, 0) is 9.53 Å². The molecule has 0 bridgehead atoms. The molecule has 1 fully saturated rings. The summed E-state index contributed by atoms with van der Waals surface area (Å²) in [6.07, 6.45) is 0.955. The Labute approximate surface area is 94.0 Å². The lowest BCUT2D eigenvalue weighted by atomic mass is 10.1. The van der Waals surface area contributed by atoms with Crippen molar-refractivity contribution in [3.63, 3.8) is 0 Å². The highest BCUT2D eigenvalue weighted by atomic mass is 32.2. The van der Waals surface area contributed by atoms with E-state index in [-0.39, 0.29) is 18.0 Å². The standard InChI is InChI=1S/C12H14O2S/c1-9-7-10(14-12(9)13)8-15-11-5-3-2-4-6-11/h2-6,9-10H,7-8H2,1H3. The van der Waals surface area contributed by atoms with Crippen molar-refractivity contribution in [2.75, 3.05) is 5.75 Å². The lowest BCUT2D eigenvalue weighted by molar-refractivity contribution is -0.143. The van der Waals surface area contributed by atoms with Gasteiger partial charge in [0.05, 0.1) is 5.92 Å². The number of thioether (sulfide) groups is 1. The van der Waals surface area contributed by atoms with Gasteiger partial charge in [-0.15, -0.1) is 11.8 Å². The van der Waals surface area contributed by atoms with Gasteiger partial charge in [0, 0.05) is 10.6 Å². The number of rotatable bonds is 3. The van der Waals surface area contributed by atoms with Gasteiger partial charge in [-0.3, -0.25) is 4.79 Å². The molecular weight excluding hydrogens is 208 g/mol. The van der Waals surface area contributed by atoms with E-state index in [4.69, 9.17) is 4.74 Å². The summed E-state index contributed by atoms with van der Waals surface area (Å²) >= 11 is 1.74. The fourth-order valence-corrected chi connectivity index (χ4v) is 2.56. The first-order valence-electron chi connectivity index (χ1n) is 5.14. The highest BCUT2D eigenvalue weighted by Crippen LogP contribution is 2.26. The maximum atomic E-state index is 11.2. The molecule has 3 heteroatoms. The van der Waals surface area contributed by atoms with Crippen LogP contribution in [0.5, 0.6) is 0 Å². The lowest BCUT2D eigenvalue weighted by Crippen LogP contribution is -2.09. The maximum absolute atomic E-state index is 11.2. The number of hydrogen-bond acceptors (Lipinski definition) is 3. The van der Waals surface area contributed by atoms with Crippen molar-refractivity contribution in [1.82, 2.24) is 0 Å². The number of hydrogen-bond donors (Lipinski definition) is 0. The topological polar surface area (TPSA) is 26.3 Å². The molecule has 0 radical (unpaired) electrons. The van der Waals surface area contributed by atoms with E-state index in [0.29, 0.717) is 0 Å². The minimum atomic E-state index is -0.0475. The lowest BCUT2D eigenvalue weighted by Gasteiger charge is -2.07. The number of benzene rings is 1. The summed E-state index contributed by atoms with van der Waals surface area (Å²) in [5.74, 6) is 0.889. The molecule has 2 nitrogen and oxygen atoms in total. The van der Waals surface area contributed by atoms with E-state index in [1.54, 1.807) is 11.8 Å². The number of esters is 1. The SMILES string of the molecule is CC1CC(CSc2ccccc2)OC1=O. The predicted molar refractivity (Wildman–Crippen MR) is 60.8 cm³/mol. The summed E-state index contributed by atoms with van der Waals surface area (Å²) in [4.78, 5) is 12.4. The number of carbonyl (C=O) groups is 1. The van der Waals surface area contributed by atoms with E-state index in [0.717, 1.165) is 12.2 Å². The van der Waals surface area contributed by atoms with Crippen LogP contribution in [-0.4, -0.2) is 17.8 Å². The van der Waals surface area contributed by atoms with Crippen LogP contribution < -0.4 is 0 Å². The Kier molecular flexibility index (Phi) is 3.31. The molecule has 1 saturated heterocycles. The molecule has 1 heterocycles. The summed E-state index contributed by atoms with van der Waals surface area (Å²) < 4.78 is 5.24. The second-order valence-corrected chi connectivity index (χ2v) is 4.91. The van der Waals surface area contributed by atoms with Crippen molar-refractivity contribution in [3.05, 3.63) is 30.3 Å². The third-order valence-corrected chi connectivity index (χ3v) is 3.62. The summed E-state index contributed by atoms with van der Waals surface area (Å²) in [6, 6.07) is 10.2. The number of ether oxygens (including phenoxy) is 1. The molecule has 15 heavy (non-hydrogen) atoms. The van der Waals surface area contributed by atoms with Crippen LogP contribution >= 0.6 is 11.8 Å². The molecule has 0 N–H and O–H groups in total. The Bertz CT molecular complexity index is 337. The van der Waals surface area contributed by atoms with Crippen LogP contribution in [0.4, 0.5) is 0 Å². The third-order valence-electron chi connectivity index (χ3n) is 2.48. The van der Waals surface area contributed by atoms with Crippen LogP contribution in [0.15, 0.2) is 35.2 Å². The van der Waals surface area contributed by atoms with Gasteiger partial charge < -0.3 is 4.74 Å². The average Bonchev–Trinajstić information content (AvgIpc) is 2.57. The maximum Gasteiger partial charge on any atom is 0.309 e. The largest absolute Gasteiger partial charge is 0.461 e. The van der Waals surface area contributed by atoms with Crippen molar-refractivity contribution >= 4 is 17.7 Å². The third kappa shape index (κ3) is 2.75. The van der Waals surface area contributed by atoms with Crippen molar-refractivity contribution in [1.29, 1.82) is 0 Å². The smallest absolute Gasteiger partial charge is 0.309 e. The molecular formula is C12H14O2S. The fraction of sp³-hybridized carbons (Fsp3) is 0.417. The molecule has 0 aromatic heterocycles. The molecule has 1 aliphatic heterocycles. The monoisotopic (exact) mass is 222 g/mol. The number of carbonyl (C=O) groups excluding carboxylic acids is 1. The summed E-state index contributed by atoms with van der Waals surface area (Å²) in [7, 11) is 0. The fourth-order valence-electron chi connectivity index (χ4n) is 1.63. The molecule has 2 rings (SSSR count). The predicted octanol–water partition coefficient (Wildman–Crippen LogP) is 2.73. The van der Waals surface area contributed by atoms with Gasteiger partial charge in [0.2, 0.25) is 0 Å². The minimum absolute atomic E-state index is 0.0475. The zero-order valence-corrected chi connectivity index (χ0v) is 9.50. The molecule has 0 spiro atoms. The Morgan fingerprint density at radius 1 is 1.40 bits per heavy atom. The summed E-state index contributed by atoms with van der Waals surface area (Å²) in [6.45, 7) is 1.93. The molecule has 1 aromatic rings. The molecule has 1 aliphatic rings. The van der Waals surface area contributed by atoms with Crippen molar-refractivity contribution < 1.29 is 9.53 Å². The van der Waals surface area contributed by atoms with E-state index in [9.17, 15) is 4.79 Å². The van der Waals surface area contributed by atoms with E-state index < -0.39 is 0 Å². The molecule has 2 atom stereocenters. The first kappa shape index (κ1) is 10.6. The van der Waals surface area contributed by atoms with E-state index in [1.165, 1.54) is 4.90 Å². The quantitative estimate of drug-likeness (QED) is 0.581. The van der Waals surface area contributed by atoms with E-state index >= 15 is 0 Å². The molecule has 80 valence electrons. The minimum Gasteiger partial charge on any atom is -0.461 e. The highest BCUT2D eigenvalue weighted by Gasteiger charge is 2.30. The first-order valence-corrected chi connectivity index (χ1v) is 6.12. The van der Waals surface area contributed by atoms with Crippen LogP contribution in [0.25, 0.3) is 0 Å². The van der Waals surface area contributed by atoms with E-state index in [2.05, 4.69) is 12.1 Å². The van der Waals surface area contributed by atoms with Gasteiger partial charge in [-0.05, 0) is 18.6 Å². The summed E-state index contributed by atoms with van der Waals surface area (Å²) in [5, 5.41) is 0. The molecule has 0 aliphatic carbocycles. The average molecular weight is 222 g/mol. The van der Waals surface area contributed by atoms with Gasteiger partial charge in [-0.1, -0.05) is 25.1 Å². The number of cyclic esters (lactones) is 1. The Hall–Kier alpha value is -0.960. The van der Waals surface area contributed by atoms with Crippen LogP contribution in [0, 0.1) is 5.92 Å². The zero-order valence-electron chi connectivity index (χ0n) is 8.68. The Morgan fingerprint density at radius 2 is 2.13 bits per heavy atom. The highest BCUT2D eigenvalue weighted by molar-refractivity contribution is 7.99. The molecule has 2 unspecified atom stereocenters. The normalized spacial score (nSPS) is 25.3. The van der Waals surface area contributed by atoms with Gasteiger partial charge in [0.1, 0.15) is 6.10 Å². The van der Waals surface area contributed by atoms with Crippen LogP contribution in [0.1, 0.15) is 13.3 Å².